The Labute approximate surface area is 124 Å². The van der Waals surface area contributed by atoms with Gasteiger partial charge in [-0.3, -0.25) is 4.79 Å². The fraction of sp³-hybridized carbons (Fsp3) is 0.846. The molecule has 2 N–H and O–H groups in total. The number of urea groups is 1. The lowest BCUT2D eigenvalue weighted by Gasteiger charge is -2.29. The second-order valence-corrected chi connectivity index (χ2v) is 8.18. The molecule has 1 aliphatic carbocycles. The van der Waals surface area contributed by atoms with Crippen LogP contribution in [0.1, 0.15) is 25.7 Å². The summed E-state index contributed by atoms with van der Waals surface area (Å²) in [6, 6.07) is -0.217. The van der Waals surface area contributed by atoms with Crippen LogP contribution in [0.25, 0.3) is 0 Å². The van der Waals surface area contributed by atoms with Crippen molar-refractivity contribution < 1.29 is 23.1 Å². The lowest BCUT2D eigenvalue weighted by Crippen LogP contribution is -2.49. The van der Waals surface area contributed by atoms with E-state index < -0.39 is 15.8 Å². The first-order valence-electron chi connectivity index (χ1n) is 7.33. The number of hydrogen-bond acceptors (Lipinski definition) is 4. The zero-order chi connectivity index (χ0) is 15.5. The zero-order valence-corrected chi connectivity index (χ0v) is 12.8. The fourth-order valence-corrected chi connectivity index (χ4v) is 4.07. The Kier molecular flexibility index (Phi) is 5.08. The molecule has 7 nitrogen and oxygen atoms in total. The van der Waals surface area contributed by atoms with Gasteiger partial charge in [-0.15, -0.1) is 0 Å². The molecule has 1 aliphatic heterocycles. The van der Waals surface area contributed by atoms with Gasteiger partial charge < -0.3 is 15.3 Å². The summed E-state index contributed by atoms with van der Waals surface area (Å²) in [7, 11) is -2.98. The van der Waals surface area contributed by atoms with Crippen molar-refractivity contribution in [1.82, 2.24) is 10.2 Å². The average Bonchev–Trinajstić information content (AvgIpc) is 2.45. The minimum absolute atomic E-state index is 0.0319. The molecule has 2 aliphatic rings. The van der Waals surface area contributed by atoms with Crippen molar-refractivity contribution in [2.45, 2.75) is 25.7 Å². The molecule has 0 aromatic carbocycles. The number of aliphatic carboxylic acids is 1. The van der Waals surface area contributed by atoms with Gasteiger partial charge in [-0.2, -0.15) is 0 Å². The van der Waals surface area contributed by atoms with Crippen LogP contribution in [0.15, 0.2) is 0 Å². The van der Waals surface area contributed by atoms with E-state index in [0.29, 0.717) is 25.3 Å². The third kappa shape index (κ3) is 4.59. The van der Waals surface area contributed by atoms with Crippen LogP contribution < -0.4 is 5.32 Å². The Balaban J connectivity index is 1.69. The van der Waals surface area contributed by atoms with Crippen molar-refractivity contribution in [3.05, 3.63) is 0 Å². The number of rotatable bonds is 3. The van der Waals surface area contributed by atoms with Gasteiger partial charge in [0.15, 0.2) is 9.84 Å². The van der Waals surface area contributed by atoms with Crippen LogP contribution >= 0.6 is 0 Å². The highest BCUT2D eigenvalue weighted by molar-refractivity contribution is 7.91. The molecular formula is C13H22N2O5S. The van der Waals surface area contributed by atoms with E-state index in [4.69, 9.17) is 5.11 Å². The summed E-state index contributed by atoms with van der Waals surface area (Å²) < 4.78 is 22.6. The van der Waals surface area contributed by atoms with Crippen LogP contribution in [0.4, 0.5) is 4.79 Å². The van der Waals surface area contributed by atoms with Crippen molar-refractivity contribution in [1.29, 1.82) is 0 Å². The minimum atomic E-state index is -2.98. The van der Waals surface area contributed by atoms with Gasteiger partial charge in [0.1, 0.15) is 0 Å². The summed E-state index contributed by atoms with van der Waals surface area (Å²) in [6.07, 6.45) is 2.95. The summed E-state index contributed by atoms with van der Waals surface area (Å²) in [5.74, 6) is -0.594. The number of carbonyl (C=O) groups excluding carboxylic acids is 1. The second kappa shape index (κ2) is 6.64. The van der Waals surface area contributed by atoms with Crippen molar-refractivity contribution in [3.63, 3.8) is 0 Å². The number of amides is 2. The van der Waals surface area contributed by atoms with E-state index in [2.05, 4.69) is 5.32 Å². The van der Waals surface area contributed by atoms with E-state index in [9.17, 15) is 18.0 Å². The monoisotopic (exact) mass is 318 g/mol. The van der Waals surface area contributed by atoms with Gasteiger partial charge in [0.25, 0.3) is 0 Å². The highest BCUT2D eigenvalue weighted by Gasteiger charge is 2.28. The Hall–Kier alpha value is -1.31. The largest absolute Gasteiger partial charge is 0.481 e. The SMILES string of the molecule is O=C(O)C1CCC(CNC(=O)N2CCS(=O)(=O)CC2)CC1. The van der Waals surface area contributed by atoms with Crippen LogP contribution in [0.2, 0.25) is 0 Å². The first kappa shape index (κ1) is 16.1. The number of sulfone groups is 1. The minimum Gasteiger partial charge on any atom is -0.481 e. The van der Waals surface area contributed by atoms with E-state index in [0.717, 1.165) is 12.8 Å². The second-order valence-electron chi connectivity index (χ2n) is 5.88. The van der Waals surface area contributed by atoms with Gasteiger partial charge in [-0.1, -0.05) is 0 Å². The molecule has 0 bridgehead atoms. The number of carboxylic acid groups (broad SMARTS) is 1. The number of carboxylic acids is 1. The molecule has 0 aromatic heterocycles. The van der Waals surface area contributed by atoms with Gasteiger partial charge >= 0.3 is 12.0 Å². The molecule has 1 heterocycles. The molecule has 0 aromatic rings. The smallest absolute Gasteiger partial charge is 0.317 e. The van der Waals surface area contributed by atoms with E-state index in [1.54, 1.807) is 0 Å². The van der Waals surface area contributed by atoms with Gasteiger partial charge in [0.2, 0.25) is 0 Å². The summed E-state index contributed by atoms with van der Waals surface area (Å²) in [5.41, 5.74) is 0. The van der Waals surface area contributed by atoms with E-state index >= 15 is 0 Å². The molecular weight excluding hydrogens is 296 g/mol. The lowest BCUT2D eigenvalue weighted by atomic mass is 9.82. The standard InChI is InChI=1S/C13H22N2O5S/c16-12(17)11-3-1-10(2-4-11)9-14-13(18)15-5-7-21(19,20)8-6-15/h10-11H,1-9H2,(H,14,18)(H,16,17). The Morgan fingerprint density at radius 2 is 1.67 bits per heavy atom. The van der Waals surface area contributed by atoms with Crippen LogP contribution in [0, 0.1) is 11.8 Å². The maximum atomic E-state index is 12.0. The van der Waals surface area contributed by atoms with Crippen molar-refractivity contribution in [2.24, 2.45) is 11.8 Å². The number of carbonyl (C=O) groups is 2. The Bertz CT molecular complexity index is 483. The Morgan fingerprint density at radius 3 is 2.19 bits per heavy atom. The first-order valence-corrected chi connectivity index (χ1v) is 9.15. The third-order valence-electron chi connectivity index (χ3n) is 4.37. The number of nitrogens with one attached hydrogen (secondary N) is 1. The molecule has 120 valence electrons. The topological polar surface area (TPSA) is 104 Å². The lowest BCUT2D eigenvalue weighted by molar-refractivity contribution is -0.143. The van der Waals surface area contributed by atoms with E-state index in [-0.39, 0.29) is 36.5 Å². The maximum Gasteiger partial charge on any atom is 0.317 e. The molecule has 8 heteroatoms. The molecule has 1 saturated heterocycles. The van der Waals surface area contributed by atoms with Crippen molar-refractivity contribution in [3.8, 4) is 0 Å². The highest BCUT2D eigenvalue weighted by Crippen LogP contribution is 2.28. The molecule has 1 saturated carbocycles. The van der Waals surface area contributed by atoms with Gasteiger partial charge in [-0.05, 0) is 31.6 Å². The summed E-state index contributed by atoms with van der Waals surface area (Å²) in [4.78, 5) is 24.3. The van der Waals surface area contributed by atoms with Gasteiger partial charge in [-0.25, -0.2) is 13.2 Å². The molecule has 2 rings (SSSR count). The van der Waals surface area contributed by atoms with Crippen LogP contribution in [0.5, 0.6) is 0 Å². The van der Waals surface area contributed by atoms with Crippen molar-refractivity contribution >= 4 is 21.8 Å². The zero-order valence-electron chi connectivity index (χ0n) is 12.0. The predicted octanol–water partition coefficient (Wildman–Crippen LogP) is 0.317. The fourth-order valence-electron chi connectivity index (χ4n) is 2.87. The predicted molar refractivity (Wildman–Crippen MR) is 76.7 cm³/mol. The number of hydrogen-bond donors (Lipinski definition) is 2. The average molecular weight is 318 g/mol. The molecule has 2 amide bonds. The third-order valence-corrected chi connectivity index (χ3v) is 5.98. The molecule has 2 fully saturated rings. The van der Waals surface area contributed by atoms with Crippen LogP contribution in [0.3, 0.4) is 0 Å². The summed E-state index contributed by atoms with van der Waals surface area (Å²) >= 11 is 0. The van der Waals surface area contributed by atoms with Gasteiger partial charge in [0, 0.05) is 19.6 Å². The van der Waals surface area contributed by atoms with Crippen LogP contribution in [-0.4, -0.2) is 61.6 Å². The maximum absolute atomic E-state index is 12.0. The highest BCUT2D eigenvalue weighted by atomic mass is 32.2. The summed E-state index contributed by atoms with van der Waals surface area (Å²) in [5, 5.41) is 11.8. The van der Waals surface area contributed by atoms with Gasteiger partial charge in [0.05, 0.1) is 17.4 Å². The van der Waals surface area contributed by atoms with E-state index in [1.165, 1.54) is 4.90 Å². The molecule has 21 heavy (non-hydrogen) atoms. The van der Waals surface area contributed by atoms with Crippen molar-refractivity contribution in [2.75, 3.05) is 31.1 Å². The molecule has 0 radical (unpaired) electrons. The number of nitrogens with zero attached hydrogens (tertiary/aromatic N) is 1. The molecule has 0 spiro atoms. The normalized spacial score (nSPS) is 28.9. The quantitative estimate of drug-likeness (QED) is 0.780. The first-order chi connectivity index (χ1) is 9.87. The summed E-state index contributed by atoms with van der Waals surface area (Å²) in [6.45, 7) is 1.04. The van der Waals surface area contributed by atoms with E-state index in [1.807, 2.05) is 0 Å². The Morgan fingerprint density at radius 1 is 1.10 bits per heavy atom. The molecule has 0 atom stereocenters. The van der Waals surface area contributed by atoms with Crippen LogP contribution in [-0.2, 0) is 14.6 Å². The molecule has 0 unspecified atom stereocenters.